The molecule has 3 nitrogen and oxygen atoms in total. The minimum Gasteiger partial charge on any atom is -0.316 e. The first kappa shape index (κ1) is 18.1. The highest BCUT2D eigenvalue weighted by molar-refractivity contribution is 7.90. The third-order valence-electron chi connectivity index (χ3n) is 3.32. The molecular formula is C16H26FNO2S. The molecule has 1 N–H and O–H groups in total. The number of sulfone groups is 1. The van der Waals surface area contributed by atoms with Gasteiger partial charge in [-0.25, -0.2) is 12.8 Å². The van der Waals surface area contributed by atoms with E-state index in [0.717, 1.165) is 25.1 Å². The lowest BCUT2D eigenvalue weighted by Gasteiger charge is -2.18. The average molecular weight is 315 g/mol. The summed E-state index contributed by atoms with van der Waals surface area (Å²) in [5, 5.41) is 3.38. The Hall–Kier alpha value is -0.940. The van der Waals surface area contributed by atoms with Crippen LogP contribution in [0.25, 0.3) is 0 Å². The van der Waals surface area contributed by atoms with E-state index in [-0.39, 0.29) is 17.5 Å². The van der Waals surface area contributed by atoms with Crippen LogP contribution in [0.3, 0.4) is 0 Å². The standard InChI is InChI=1S/C16H26FNO2S/c1-13(2)11-18-12-15(8-9-21(3,19)20)10-14-4-6-16(17)7-5-14/h4-7,13,15,18H,8-12H2,1-3H3. The summed E-state index contributed by atoms with van der Waals surface area (Å²) in [7, 11) is -2.95. The van der Waals surface area contributed by atoms with E-state index in [9.17, 15) is 12.8 Å². The van der Waals surface area contributed by atoms with Gasteiger partial charge in [0.2, 0.25) is 0 Å². The summed E-state index contributed by atoms with van der Waals surface area (Å²) in [6.07, 6.45) is 2.66. The van der Waals surface area contributed by atoms with Crippen molar-refractivity contribution in [3.8, 4) is 0 Å². The fraction of sp³-hybridized carbons (Fsp3) is 0.625. The molecule has 0 aliphatic heterocycles. The van der Waals surface area contributed by atoms with E-state index in [1.807, 2.05) is 0 Å². The monoisotopic (exact) mass is 315 g/mol. The van der Waals surface area contributed by atoms with Gasteiger partial charge in [-0.1, -0.05) is 26.0 Å². The molecule has 1 aromatic rings. The Balaban J connectivity index is 2.59. The van der Waals surface area contributed by atoms with Crippen LogP contribution in [0.4, 0.5) is 4.39 Å². The van der Waals surface area contributed by atoms with Gasteiger partial charge in [-0.2, -0.15) is 0 Å². The smallest absolute Gasteiger partial charge is 0.147 e. The molecule has 0 radical (unpaired) electrons. The van der Waals surface area contributed by atoms with Gasteiger partial charge in [0.1, 0.15) is 15.7 Å². The molecule has 120 valence electrons. The van der Waals surface area contributed by atoms with Crippen LogP contribution >= 0.6 is 0 Å². The molecule has 0 spiro atoms. The maximum absolute atomic E-state index is 12.9. The third kappa shape index (κ3) is 8.83. The van der Waals surface area contributed by atoms with Crippen LogP contribution in [0.5, 0.6) is 0 Å². The van der Waals surface area contributed by atoms with E-state index in [4.69, 9.17) is 0 Å². The minimum absolute atomic E-state index is 0.197. The van der Waals surface area contributed by atoms with Crippen molar-refractivity contribution in [2.45, 2.75) is 26.7 Å². The van der Waals surface area contributed by atoms with Crippen molar-refractivity contribution in [2.75, 3.05) is 25.1 Å². The zero-order chi connectivity index (χ0) is 15.9. The van der Waals surface area contributed by atoms with Gasteiger partial charge in [-0.3, -0.25) is 0 Å². The van der Waals surface area contributed by atoms with Gasteiger partial charge in [-0.05, 0) is 55.5 Å². The Morgan fingerprint density at radius 2 is 1.76 bits per heavy atom. The molecule has 0 aromatic heterocycles. The molecule has 0 amide bonds. The number of halogens is 1. The number of hydrogen-bond acceptors (Lipinski definition) is 3. The van der Waals surface area contributed by atoms with E-state index in [2.05, 4.69) is 19.2 Å². The van der Waals surface area contributed by atoms with Gasteiger partial charge >= 0.3 is 0 Å². The Morgan fingerprint density at radius 3 is 2.29 bits per heavy atom. The molecule has 0 saturated heterocycles. The Labute approximate surface area is 127 Å². The van der Waals surface area contributed by atoms with Crippen LogP contribution in [-0.4, -0.2) is 33.5 Å². The number of hydrogen-bond donors (Lipinski definition) is 1. The molecule has 1 rings (SSSR count). The molecule has 1 unspecified atom stereocenters. The molecular weight excluding hydrogens is 289 g/mol. The molecule has 0 heterocycles. The van der Waals surface area contributed by atoms with Crippen molar-refractivity contribution in [3.63, 3.8) is 0 Å². The maximum Gasteiger partial charge on any atom is 0.147 e. The van der Waals surface area contributed by atoms with Crippen LogP contribution in [0.2, 0.25) is 0 Å². The molecule has 21 heavy (non-hydrogen) atoms. The second kappa shape index (κ2) is 8.49. The Bertz CT molecular complexity index is 512. The maximum atomic E-state index is 12.9. The van der Waals surface area contributed by atoms with E-state index >= 15 is 0 Å². The van der Waals surface area contributed by atoms with Gasteiger partial charge in [0.25, 0.3) is 0 Å². The molecule has 5 heteroatoms. The van der Waals surface area contributed by atoms with Gasteiger partial charge in [-0.15, -0.1) is 0 Å². The molecule has 0 aliphatic carbocycles. The molecule has 0 aliphatic rings. The lowest BCUT2D eigenvalue weighted by molar-refractivity contribution is 0.436. The average Bonchev–Trinajstić information content (AvgIpc) is 2.37. The fourth-order valence-corrected chi connectivity index (χ4v) is 2.95. The number of rotatable bonds is 9. The highest BCUT2D eigenvalue weighted by Crippen LogP contribution is 2.14. The van der Waals surface area contributed by atoms with Crippen molar-refractivity contribution in [3.05, 3.63) is 35.6 Å². The summed E-state index contributed by atoms with van der Waals surface area (Å²) >= 11 is 0. The highest BCUT2D eigenvalue weighted by Gasteiger charge is 2.13. The normalized spacial score (nSPS) is 13.6. The lowest BCUT2D eigenvalue weighted by atomic mass is 9.96. The van der Waals surface area contributed by atoms with Crippen LogP contribution in [0.1, 0.15) is 25.8 Å². The summed E-state index contributed by atoms with van der Waals surface area (Å²) in [6.45, 7) is 5.97. The summed E-state index contributed by atoms with van der Waals surface area (Å²) in [6, 6.07) is 6.44. The quantitative estimate of drug-likeness (QED) is 0.762. The molecule has 1 aromatic carbocycles. The van der Waals surface area contributed by atoms with Crippen molar-refractivity contribution in [1.82, 2.24) is 5.32 Å². The molecule has 1 atom stereocenters. The lowest BCUT2D eigenvalue weighted by Crippen LogP contribution is -2.28. The van der Waals surface area contributed by atoms with Crippen molar-refractivity contribution >= 4 is 9.84 Å². The van der Waals surface area contributed by atoms with E-state index in [1.165, 1.54) is 18.4 Å². The summed E-state index contributed by atoms with van der Waals surface area (Å²) in [4.78, 5) is 0. The van der Waals surface area contributed by atoms with Gasteiger partial charge < -0.3 is 5.32 Å². The third-order valence-corrected chi connectivity index (χ3v) is 4.30. The van der Waals surface area contributed by atoms with E-state index in [1.54, 1.807) is 12.1 Å². The first-order valence-electron chi connectivity index (χ1n) is 7.39. The first-order valence-corrected chi connectivity index (χ1v) is 9.45. The Morgan fingerprint density at radius 1 is 1.14 bits per heavy atom. The van der Waals surface area contributed by atoms with Crippen molar-refractivity contribution in [2.24, 2.45) is 11.8 Å². The SMILES string of the molecule is CC(C)CNCC(CCS(C)(=O)=O)Cc1ccc(F)cc1. The zero-order valence-electron chi connectivity index (χ0n) is 13.1. The number of benzene rings is 1. The predicted octanol–water partition coefficient (Wildman–Crippen LogP) is 2.66. The Kier molecular flexibility index (Phi) is 7.32. The first-order chi connectivity index (χ1) is 9.76. The van der Waals surface area contributed by atoms with Crippen LogP contribution < -0.4 is 5.32 Å². The van der Waals surface area contributed by atoms with Crippen LogP contribution in [0.15, 0.2) is 24.3 Å². The van der Waals surface area contributed by atoms with Crippen LogP contribution in [0, 0.1) is 17.7 Å². The van der Waals surface area contributed by atoms with Crippen molar-refractivity contribution < 1.29 is 12.8 Å². The highest BCUT2D eigenvalue weighted by atomic mass is 32.2. The number of nitrogens with one attached hydrogen (secondary N) is 1. The molecule has 0 fully saturated rings. The van der Waals surface area contributed by atoms with E-state index in [0.29, 0.717) is 12.3 Å². The topological polar surface area (TPSA) is 46.2 Å². The van der Waals surface area contributed by atoms with Crippen LogP contribution in [-0.2, 0) is 16.3 Å². The minimum atomic E-state index is -2.95. The summed E-state index contributed by atoms with van der Waals surface area (Å²) in [5.74, 6) is 0.752. The molecule has 0 saturated carbocycles. The van der Waals surface area contributed by atoms with E-state index < -0.39 is 9.84 Å². The summed E-state index contributed by atoms with van der Waals surface area (Å²) in [5.41, 5.74) is 1.04. The predicted molar refractivity (Wildman–Crippen MR) is 85.6 cm³/mol. The fourth-order valence-electron chi connectivity index (χ4n) is 2.19. The molecule has 0 bridgehead atoms. The van der Waals surface area contributed by atoms with Gasteiger partial charge in [0.15, 0.2) is 0 Å². The zero-order valence-corrected chi connectivity index (χ0v) is 13.9. The van der Waals surface area contributed by atoms with Gasteiger partial charge in [0, 0.05) is 6.26 Å². The second-order valence-corrected chi connectivity index (χ2v) is 8.43. The van der Waals surface area contributed by atoms with Crippen molar-refractivity contribution in [1.29, 1.82) is 0 Å². The summed E-state index contributed by atoms with van der Waals surface area (Å²) < 4.78 is 35.6. The van der Waals surface area contributed by atoms with Gasteiger partial charge in [0.05, 0.1) is 5.75 Å². The second-order valence-electron chi connectivity index (χ2n) is 6.17. The largest absolute Gasteiger partial charge is 0.316 e.